The Balaban J connectivity index is 1.61. The molecule has 0 fully saturated rings. The summed E-state index contributed by atoms with van der Waals surface area (Å²) in [5, 5.41) is 26.8. The van der Waals surface area contributed by atoms with E-state index in [9.17, 15) is 25.0 Å². The van der Waals surface area contributed by atoms with Gasteiger partial charge in [-0.05, 0) is 55.3 Å². The van der Waals surface area contributed by atoms with Gasteiger partial charge in [-0.15, -0.1) is 0 Å². The standard InChI is InChI=1S/C25H19ClN4O6/c1-15-24(18-4-3-5-21(12-18)30(34)35)16(2)28(27-15)20-10-11-23(26)22(13-20)25(31)36-14-17-6-8-19(9-7-17)29(32)33/h3-13H,14H2,1-2H3. The van der Waals surface area contributed by atoms with Crippen LogP contribution in [0.5, 0.6) is 0 Å². The molecule has 0 atom stereocenters. The molecule has 1 heterocycles. The number of hydrogen-bond donors (Lipinski definition) is 0. The van der Waals surface area contributed by atoms with E-state index < -0.39 is 15.8 Å². The first-order chi connectivity index (χ1) is 17.2. The van der Waals surface area contributed by atoms with E-state index in [1.807, 2.05) is 6.92 Å². The summed E-state index contributed by atoms with van der Waals surface area (Å²) in [7, 11) is 0. The van der Waals surface area contributed by atoms with Crippen molar-refractivity contribution >= 4 is 28.9 Å². The number of nitro benzene ring substituents is 2. The summed E-state index contributed by atoms with van der Waals surface area (Å²) in [4.78, 5) is 33.8. The smallest absolute Gasteiger partial charge is 0.340 e. The number of non-ortho nitro benzene ring substituents is 2. The van der Waals surface area contributed by atoms with Gasteiger partial charge in [-0.25, -0.2) is 9.48 Å². The largest absolute Gasteiger partial charge is 0.457 e. The van der Waals surface area contributed by atoms with Gasteiger partial charge in [0.1, 0.15) is 6.61 Å². The van der Waals surface area contributed by atoms with Crippen LogP contribution in [0, 0.1) is 34.1 Å². The van der Waals surface area contributed by atoms with Crippen molar-refractivity contribution in [2.45, 2.75) is 20.5 Å². The minimum atomic E-state index is -0.666. The van der Waals surface area contributed by atoms with Crippen molar-refractivity contribution in [3.8, 4) is 16.8 Å². The second kappa shape index (κ2) is 9.96. The van der Waals surface area contributed by atoms with Crippen LogP contribution in [0.1, 0.15) is 27.3 Å². The molecular weight excluding hydrogens is 488 g/mol. The number of aromatic nitrogens is 2. The lowest BCUT2D eigenvalue weighted by molar-refractivity contribution is -0.385. The van der Waals surface area contributed by atoms with Gasteiger partial charge in [-0.1, -0.05) is 23.7 Å². The first kappa shape index (κ1) is 24.6. The molecule has 0 unspecified atom stereocenters. The third-order valence-corrected chi connectivity index (χ3v) is 5.90. The number of rotatable bonds is 7. The van der Waals surface area contributed by atoms with Crippen LogP contribution in [0.4, 0.5) is 11.4 Å². The Morgan fingerprint density at radius 1 is 0.972 bits per heavy atom. The summed E-state index contributed by atoms with van der Waals surface area (Å²) in [5.74, 6) is -0.666. The van der Waals surface area contributed by atoms with E-state index in [0.717, 1.165) is 11.3 Å². The Hall–Kier alpha value is -4.57. The predicted octanol–water partition coefficient (Wildman–Crippen LogP) is 5.98. The zero-order chi connectivity index (χ0) is 26.0. The molecule has 0 N–H and O–H groups in total. The molecule has 0 radical (unpaired) electrons. The maximum absolute atomic E-state index is 12.8. The molecule has 0 amide bonds. The van der Waals surface area contributed by atoms with Gasteiger partial charge in [0.2, 0.25) is 0 Å². The topological polar surface area (TPSA) is 130 Å². The average molecular weight is 507 g/mol. The maximum Gasteiger partial charge on any atom is 0.340 e. The number of benzene rings is 3. The van der Waals surface area contributed by atoms with Gasteiger partial charge < -0.3 is 4.74 Å². The normalized spacial score (nSPS) is 10.8. The first-order valence-corrected chi connectivity index (χ1v) is 11.0. The molecule has 0 aliphatic heterocycles. The summed E-state index contributed by atoms with van der Waals surface area (Å²) >= 11 is 6.27. The van der Waals surface area contributed by atoms with Crippen LogP contribution in [0.3, 0.4) is 0 Å². The van der Waals surface area contributed by atoms with E-state index in [1.54, 1.807) is 41.9 Å². The summed E-state index contributed by atoms with van der Waals surface area (Å²) in [6, 6.07) is 16.8. The number of halogens is 1. The van der Waals surface area contributed by atoms with Gasteiger partial charge in [0, 0.05) is 35.5 Å². The van der Waals surface area contributed by atoms with Gasteiger partial charge in [0.25, 0.3) is 11.4 Å². The molecule has 0 aliphatic rings. The van der Waals surface area contributed by atoms with Crippen molar-refractivity contribution in [2.24, 2.45) is 0 Å². The molecule has 0 spiro atoms. The fourth-order valence-electron chi connectivity index (χ4n) is 3.83. The number of carbonyl (C=O) groups is 1. The van der Waals surface area contributed by atoms with Crippen molar-refractivity contribution in [2.75, 3.05) is 0 Å². The number of hydrogen-bond acceptors (Lipinski definition) is 7. The highest BCUT2D eigenvalue weighted by Gasteiger charge is 2.19. The van der Waals surface area contributed by atoms with E-state index >= 15 is 0 Å². The van der Waals surface area contributed by atoms with Gasteiger partial charge >= 0.3 is 5.97 Å². The molecule has 0 saturated carbocycles. The first-order valence-electron chi connectivity index (χ1n) is 10.7. The van der Waals surface area contributed by atoms with Gasteiger partial charge in [-0.3, -0.25) is 20.2 Å². The zero-order valence-electron chi connectivity index (χ0n) is 19.2. The number of aryl methyl sites for hydroxylation is 1. The highest BCUT2D eigenvalue weighted by molar-refractivity contribution is 6.33. The van der Waals surface area contributed by atoms with Crippen LogP contribution in [-0.2, 0) is 11.3 Å². The molecule has 4 rings (SSSR count). The number of nitro groups is 2. The van der Waals surface area contributed by atoms with Crippen molar-refractivity contribution in [1.82, 2.24) is 9.78 Å². The van der Waals surface area contributed by atoms with Crippen LogP contribution in [0.25, 0.3) is 16.8 Å². The van der Waals surface area contributed by atoms with E-state index in [2.05, 4.69) is 5.10 Å². The molecule has 0 bridgehead atoms. The second-order valence-electron chi connectivity index (χ2n) is 7.93. The molecule has 4 aromatic rings. The van der Waals surface area contributed by atoms with Gasteiger partial charge in [0.05, 0.1) is 31.8 Å². The Morgan fingerprint density at radius 3 is 2.33 bits per heavy atom. The molecule has 10 nitrogen and oxygen atoms in total. The third-order valence-electron chi connectivity index (χ3n) is 5.57. The van der Waals surface area contributed by atoms with Gasteiger partial charge in [-0.2, -0.15) is 5.10 Å². The van der Waals surface area contributed by atoms with Crippen LogP contribution in [0.15, 0.2) is 66.7 Å². The molecule has 3 aromatic carbocycles. The molecule has 36 heavy (non-hydrogen) atoms. The molecule has 182 valence electrons. The highest BCUT2D eigenvalue weighted by atomic mass is 35.5. The monoisotopic (exact) mass is 506 g/mol. The number of nitrogens with zero attached hydrogens (tertiary/aromatic N) is 4. The molecular formula is C25H19ClN4O6. The Bertz CT molecular complexity index is 1500. The molecule has 0 saturated heterocycles. The average Bonchev–Trinajstić information content (AvgIpc) is 3.16. The fourth-order valence-corrected chi connectivity index (χ4v) is 4.02. The van der Waals surface area contributed by atoms with Crippen LogP contribution < -0.4 is 0 Å². The lowest BCUT2D eigenvalue weighted by Gasteiger charge is -2.10. The van der Waals surface area contributed by atoms with E-state index in [4.69, 9.17) is 16.3 Å². The summed E-state index contributed by atoms with van der Waals surface area (Å²) in [6.45, 7) is 3.54. The maximum atomic E-state index is 12.8. The summed E-state index contributed by atoms with van der Waals surface area (Å²) < 4.78 is 7.00. The highest BCUT2D eigenvalue weighted by Crippen LogP contribution is 2.32. The second-order valence-corrected chi connectivity index (χ2v) is 8.34. The van der Waals surface area contributed by atoms with Crippen molar-refractivity contribution in [3.63, 3.8) is 0 Å². The third kappa shape index (κ3) is 4.93. The van der Waals surface area contributed by atoms with E-state index in [0.29, 0.717) is 22.5 Å². The predicted molar refractivity (Wildman–Crippen MR) is 132 cm³/mol. The number of carbonyl (C=O) groups excluding carboxylic acids is 1. The minimum absolute atomic E-state index is 0.0244. The van der Waals surface area contributed by atoms with Gasteiger partial charge in [0.15, 0.2) is 0 Å². The summed E-state index contributed by atoms with van der Waals surface area (Å²) in [5.41, 5.74) is 3.96. The molecule has 1 aromatic heterocycles. The van der Waals surface area contributed by atoms with Crippen LogP contribution in [0.2, 0.25) is 5.02 Å². The summed E-state index contributed by atoms with van der Waals surface area (Å²) in [6.07, 6.45) is 0. The number of esters is 1. The van der Waals surface area contributed by atoms with Crippen molar-refractivity contribution in [3.05, 3.63) is 114 Å². The van der Waals surface area contributed by atoms with Crippen molar-refractivity contribution < 1.29 is 19.4 Å². The van der Waals surface area contributed by atoms with E-state index in [-0.39, 0.29) is 28.6 Å². The Morgan fingerprint density at radius 2 is 1.67 bits per heavy atom. The van der Waals surface area contributed by atoms with E-state index in [1.165, 1.54) is 36.4 Å². The van der Waals surface area contributed by atoms with Crippen molar-refractivity contribution in [1.29, 1.82) is 0 Å². The fraction of sp³-hybridized carbons (Fsp3) is 0.120. The quantitative estimate of drug-likeness (QED) is 0.171. The van der Waals surface area contributed by atoms with Crippen LogP contribution in [-0.4, -0.2) is 25.6 Å². The minimum Gasteiger partial charge on any atom is -0.457 e. The number of ether oxygens (including phenoxy) is 1. The van der Waals surface area contributed by atoms with Crippen LogP contribution >= 0.6 is 11.6 Å². The molecule has 0 aliphatic carbocycles. The molecule has 11 heteroatoms. The lowest BCUT2D eigenvalue weighted by Crippen LogP contribution is -2.08. The SMILES string of the molecule is Cc1nn(-c2ccc(Cl)c(C(=O)OCc3ccc([N+](=O)[O-])cc3)c2)c(C)c1-c1cccc([N+](=O)[O-])c1. The Labute approximate surface area is 210 Å². The zero-order valence-corrected chi connectivity index (χ0v) is 19.9. The Kier molecular flexibility index (Phi) is 6.80. The lowest BCUT2D eigenvalue weighted by atomic mass is 10.0.